The molecular formula is C21H20ClNO3S. The van der Waals surface area contributed by atoms with Crippen LogP contribution in [-0.4, -0.2) is 22.7 Å². The van der Waals surface area contributed by atoms with Gasteiger partial charge >= 0.3 is 0 Å². The number of hydrogen-bond acceptors (Lipinski definition) is 4. The van der Waals surface area contributed by atoms with E-state index in [0.717, 1.165) is 28.6 Å². The van der Waals surface area contributed by atoms with Gasteiger partial charge in [0.15, 0.2) is 0 Å². The van der Waals surface area contributed by atoms with Crippen molar-refractivity contribution in [3.8, 4) is 5.75 Å². The molecule has 0 radical (unpaired) electrons. The van der Waals surface area contributed by atoms with Crippen molar-refractivity contribution in [1.82, 2.24) is 4.90 Å². The molecule has 1 saturated heterocycles. The lowest BCUT2D eigenvalue weighted by molar-refractivity contribution is -0.123. The molecule has 27 heavy (non-hydrogen) atoms. The average molecular weight is 402 g/mol. The lowest BCUT2D eigenvalue weighted by atomic mass is 10.2. The van der Waals surface area contributed by atoms with Gasteiger partial charge in [0.2, 0.25) is 0 Å². The van der Waals surface area contributed by atoms with Crippen molar-refractivity contribution < 1.29 is 14.3 Å². The Balaban J connectivity index is 1.69. The smallest absolute Gasteiger partial charge is 0.293 e. The van der Waals surface area contributed by atoms with Crippen LogP contribution in [0.25, 0.3) is 6.08 Å². The molecule has 6 heteroatoms. The summed E-state index contributed by atoms with van der Waals surface area (Å²) in [6, 6.07) is 14.6. The number of carbonyl (C=O) groups is 2. The number of nitrogens with zero attached hydrogens (tertiary/aromatic N) is 1. The summed E-state index contributed by atoms with van der Waals surface area (Å²) in [5, 5.41) is 0.353. The Kier molecular flexibility index (Phi) is 6.24. The molecule has 3 rings (SSSR count). The Morgan fingerprint density at radius 2 is 1.74 bits per heavy atom. The Morgan fingerprint density at radius 1 is 1.07 bits per heavy atom. The minimum Gasteiger partial charge on any atom is -0.493 e. The largest absolute Gasteiger partial charge is 0.493 e. The number of amides is 2. The topological polar surface area (TPSA) is 46.6 Å². The average Bonchev–Trinajstić information content (AvgIpc) is 2.90. The summed E-state index contributed by atoms with van der Waals surface area (Å²) < 4.78 is 5.66. The maximum absolute atomic E-state index is 12.6. The lowest BCUT2D eigenvalue weighted by Gasteiger charge is -2.12. The Bertz CT molecular complexity index is 860. The van der Waals surface area contributed by atoms with Gasteiger partial charge in [-0.2, -0.15) is 0 Å². The van der Waals surface area contributed by atoms with Gasteiger partial charge in [-0.3, -0.25) is 14.5 Å². The molecule has 0 spiro atoms. The van der Waals surface area contributed by atoms with Crippen LogP contribution in [-0.2, 0) is 11.3 Å². The van der Waals surface area contributed by atoms with Crippen molar-refractivity contribution in [2.75, 3.05) is 6.61 Å². The molecule has 4 nitrogen and oxygen atoms in total. The number of halogens is 1. The molecule has 0 atom stereocenters. The van der Waals surface area contributed by atoms with E-state index in [1.165, 1.54) is 4.90 Å². The Morgan fingerprint density at radius 3 is 2.37 bits per heavy atom. The van der Waals surface area contributed by atoms with Gasteiger partial charge in [0, 0.05) is 5.02 Å². The summed E-state index contributed by atoms with van der Waals surface area (Å²) in [4.78, 5) is 26.5. The van der Waals surface area contributed by atoms with E-state index in [1.54, 1.807) is 18.2 Å². The van der Waals surface area contributed by atoms with Crippen molar-refractivity contribution in [3.63, 3.8) is 0 Å². The van der Waals surface area contributed by atoms with Crippen molar-refractivity contribution in [3.05, 3.63) is 69.6 Å². The molecule has 0 saturated carbocycles. The number of ether oxygens (including phenoxy) is 1. The first-order valence-corrected chi connectivity index (χ1v) is 9.84. The van der Waals surface area contributed by atoms with Gasteiger partial charge in [-0.1, -0.05) is 49.7 Å². The molecule has 1 fully saturated rings. The molecule has 0 aromatic heterocycles. The standard InChI is InChI=1S/C21H20ClNO3S/c1-14(2)13-26-18-9-5-15(6-10-18)11-19-20(24)23(21(25)27-19)12-16-3-7-17(22)8-4-16/h3-11,14H,12-13H2,1-2H3/b19-11-. The van der Waals surface area contributed by atoms with Crippen LogP contribution >= 0.6 is 23.4 Å². The van der Waals surface area contributed by atoms with E-state index in [1.807, 2.05) is 36.4 Å². The molecule has 0 N–H and O–H groups in total. The summed E-state index contributed by atoms with van der Waals surface area (Å²) in [6.45, 7) is 5.08. The van der Waals surface area contributed by atoms with Crippen LogP contribution in [0.4, 0.5) is 4.79 Å². The van der Waals surface area contributed by atoms with Crippen LogP contribution in [0.1, 0.15) is 25.0 Å². The zero-order valence-corrected chi connectivity index (χ0v) is 16.7. The second kappa shape index (κ2) is 8.63. The zero-order chi connectivity index (χ0) is 19.4. The summed E-state index contributed by atoms with van der Waals surface area (Å²) >= 11 is 6.83. The molecule has 2 aromatic rings. The molecular weight excluding hydrogens is 382 g/mol. The van der Waals surface area contributed by atoms with Crippen LogP contribution in [0.5, 0.6) is 5.75 Å². The molecule has 140 valence electrons. The van der Waals surface area contributed by atoms with E-state index in [-0.39, 0.29) is 17.7 Å². The van der Waals surface area contributed by atoms with Crippen LogP contribution < -0.4 is 4.74 Å². The van der Waals surface area contributed by atoms with Gasteiger partial charge in [0.1, 0.15) is 5.75 Å². The monoisotopic (exact) mass is 401 g/mol. The fourth-order valence-electron chi connectivity index (χ4n) is 2.48. The SMILES string of the molecule is CC(C)COc1ccc(/C=C2\SC(=O)N(Cc3ccc(Cl)cc3)C2=O)cc1. The Labute approximate surface area is 168 Å². The third-order valence-electron chi connectivity index (χ3n) is 3.89. The maximum Gasteiger partial charge on any atom is 0.293 e. The Hall–Kier alpha value is -2.24. The number of rotatable bonds is 6. The van der Waals surface area contributed by atoms with Gasteiger partial charge in [0.05, 0.1) is 18.1 Å². The first kappa shape index (κ1) is 19.5. The molecule has 2 amide bonds. The molecule has 1 aliphatic heterocycles. The summed E-state index contributed by atoms with van der Waals surface area (Å²) in [5.74, 6) is 0.966. The summed E-state index contributed by atoms with van der Waals surface area (Å²) in [5.41, 5.74) is 1.71. The predicted molar refractivity (Wildman–Crippen MR) is 110 cm³/mol. The van der Waals surface area contributed by atoms with Gasteiger partial charge < -0.3 is 4.74 Å². The number of benzene rings is 2. The van der Waals surface area contributed by atoms with Crippen LogP contribution in [0, 0.1) is 5.92 Å². The van der Waals surface area contributed by atoms with E-state index in [0.29, 0.717) is 22.5 Å². The van der Waals surface area contributed by atoms with E-state index >= 15 is 0 Å². The van der Waals surface area contributed by atoms with E-state index < -0.39 is 0 Å². The van der Waals surface area contributed by atoms with E-state index in [4.69, 9.17) is 16.3 Å². The highest BCUT2D eigenvalue weighted by molar-refractivity contribution is 8.18. The number of imide groups is 1. The van der Waals surface area contributed by atoms with Crippen molar-refractivity contribution in [1.29, 1.82) is 0 Å². The third kappa shape index (κ3) is 5.15. The minimum absolute atomic E-state index is 0.237. The van der Waals surface area contributed by atoms with E-state index in [2.05, 4.69) is 13.8 Å². The summed E-state index contributed by atoms with van der Waals surface area (Å²) in [7, 11) is 0. The minimum atomic E-state index is -0.278. The van der Waals surface area contributed by atoms with Crippen molar-refractivity contribution in [2.24, 2.45) is 5.92 Å². The fourth-order valence-corrected chi connectivity index (χ4v) is 3.45. The number of carbonyl (C=O) groups excluding carboxylic acids is 2. The normalized spacial score (nSPS) is 15.9. The highest BCUT2D eigenvalue weighted by Crippen LogP contribution is 2.33. The molecule has 2 aromatic carbocycles. The molecule has 0 aliphatic carbocycles. The second-order valence-electron chi connectivity index (χ2n) is 6.67. The molecule has 0 bridgehead atoms. The number of hydrogen-bond donors (Lipinski definition) is 0. The van der Waals surface area contributed by atoms with Gasteiger partial charge in [-0.25, -0.2) is 0 Å². The first-order chi connectivity index (χ1) is 12.9. The highest BCUT2D eigenvalue weighted by Gasteiger charge is 2.34. The number of thioether (sulfide) groups is 1. The fraction of sp³-hybridized carbons (Fsp3) is 0.238. The van der Waals surface area contributed by atoms with Gasteiger partial charge in [0.25, 0.3) is 11.1 Å². The maximum atomic E-state index is 12.6. The highest BCUT2D eigenvalue weighted by atomic mass is 35.5. The predicted octanol–water partition coefficient (Wildman–Crippen LogP) is 5.61. The van der Waals surface area contributed by atoms with Crippen LogP contribution in [0.3, 0.4) is 0 Å². The first-order valence-electron chi connectivity index (χ1n) is 8.65. The van der Waals surface area contributed by atoms with E-state index in [9.17, 15) is 9.59 Å². The molecule has 0 unspecified atom stereocenters. The van der Waals surface area contributed by atoms with Gasteiger partial charge in [-0.05, 0) is 59.1 Å². The molecule has 1 heterocycles. The molecule has 1 aliphatic rings. The third-order valence-corrected chi connectivity index (χ3v) is 5.05. The second-order valence-corrected chi connectivity index (χ2v) is 8.10. The van der Waals surface area contributed by atoms with Crippen LogP contribution in [0.15, 0.2) is 53.4 Å². The van der Waals surface area contributed by atoms with Crippen molar-refractivity contribution in [2.45, 2.75) is 20.4 Å². The van der Waals surface area contributed by atoms with Crippen LogP contribution in [0.2, 0.25) is 5.02 Å². The quantitative estimate of drug-likeness (QED) is 0.590. The zero-order valence-electron chi connectivity index (χ0n) is 15.1. The van der Waals surface area contributed by atoms with Gasteiger partial charge in [-0.15, -0.1) is 0 Å². The summed E-state index contributed by atoms with van der Waals surface area (Å²) in [6.07, 6.45) is 1.74. The lowest BCUT2D eigenvalue weighted by Crippen LogP contribution is -2.27. The van der Waals surface area contributed by atoms with Crippen molar-refractivity contribution >= 4 is 40.6 Å².